The van der Waals surface area contributed by atoms with Gasteiger partial charge in [0.1, 0.15) is 0 Å². The van der Waals surface area contributed by atoms with E-state index in [0.29, 0.717) is 18.1 Å². The maximum Gasteiger partial charge on any atom is 0.357 e. The Kier molecular flexibility index (Phi) is 3.49. The summed E-state index contributed by atoms with van der Waals surface area (Å²) in [4.78, 5) is 17.3. The van der Waals surface area contributed by atoms with Crippen LogP contribution in [-0.4, -0.2) is 31.7 Å². The van der Waals surface area contributed by atoms with Crippen molar-refractivity contribution in [3.63, 3.8) is 0 Å². The maximum atomic E-state index is 11.4. The molecule has 0 saturated carbocycles. The molecular formula is C10H15N3O2. The van der Waals surface area contributed by atoms with Crippen molar-refractivity contribution in [1.29, 1.82) is 0 Å². The highest BCUT2D eigenvalue weighted by molar-refractivity contribution is 5.88. The molecule has 82 valence electrons. The zero-order valence-electron chi connectivity index (χ0n) is 9.15. The molecule has 5 nitrogen and oxygen atoms in total. The number of nitrogens with zero attached hydrogens (tertiary/aromatic N) is 2. The third kappa shape index (κ3) is 2.59. The molecule has 0 saturated heterocycles. The summed E-state index contributed by atoms with van der Waals surface area (Å²) in [6, 6.07) is 3.20. The zero-order chi connectivity index (χ0) is 11.4. The fourth-order valence-corrected chi connectivity index (χ4v) is 1.14. The van der Waals surface area contributed by atoms with Gasteiger partial charge in [-0.05, 0) is 19.1 Å². The fourth-order valence-electron chi connectivity index (χ4n) is 1.14. The molecule has 0 aliphatic heterocycles. The second-order valence-corrected chi connectivity index (χ2v) is 3.22. The van der Waals surface area contributed by atoms with E-state index in [1.807, 2.05) is 14.1 Å². The van der Waals surface area contributed by atoms with Gasteiger partial charge >= 0.3 is 5.97 Å². The van der Waals surface area contributed by atoms with Crippen LogP contribution in [0.4, 0.5) is 11.5 Å². The molecule has 0 aromatic carbocycles. The van der Waals surface area contributed by atoms with Gasteiger partial charge in [-0.25, -0.2) is 9.78 Å². The van der Waals surface area contributed by atoms with Gasteiger partial charge in [0.15, 0.2) is 11.5 Å². The predicted octanol–water partition coefficient (Wildman–Crippen LogP) is 0.906. The lowest BCUT2D eigenvalue weighted by Crippen LogP contribution is -2.16. The molecule has 5 heteroatoms. The number of nitrogens with two attached hydrogens (primary N) is 1. The average Bonchev–Trinajstić information content (AvgIpc) is 2.18. The van der Waals surface area contributed by atoms with Crippen molar-refractivity contribution < 1.29 is 9.53 Å². The molecule has 0 unspecified atom stereocenters. The summed E-state index contributed by atoms with van der Waals surface area (Å²) in [7, 11) is 3.63. The summed E-state index contributed by atoms with van der Waals surface area (Å²) < 4.78 is 4.84. The van der Waals surface area contributed by atoms with Gasteiger partial charge in [0, 0.05) is 14.1 Å². The summed E-state index contributed by atoms with van der Waals surface area (Å²) in [5.41, 5.74) is 6.52. The molecule has 0 aliphatic carbocycles. The molecule has 2 N–H and O–H groups in total. The van der Waals surface area contributed by atoms with Crippen LogP contribution in [0, 0.1) is 0 Å². The largest absolute Gasteiger partial charge is 0.461 e. The number of hydrogen-bond donors (Lipinski definition) is 1. The lowest BCUT2D eigenvalue weighted by molar-refractivity contribution is 0.0519. The number of aromatic nitrogens is 1. The van der Waals surface area contributed by atoms with E-state index >= 15 is 0 Å². The second-order valence-electron chi connectivity index (χ2n) is 3.22. The first kappa shape index (κ1) is 11.3. The Labute approximate surface area is 88.9 Å². The molecule has 15 heavy (non-hydrogen) atoms. The summed E-state index contributed by atoms with van der Waals surface area (Å²) in [6.07, 6.45) is 0. The smallest absolute Gasteiger partial charge is 0.357 e. The second kappa shape index (κ2) is 4.63. The predicted molar refractivity (Wildman–Crippen MR) is 58.9 cm³/mol. The molecule has 1 heterocycles. The first-order valence-electron chi connectivity index (χ1n) is 4.67. The molecule has 0 aliphatic rings. The Bertz CT molecular complexity index is 364. The van der Waals surface area contributed by atoms with Crippen molar-refractivity contribution in [2.45, 2.75) is 6.92 Å². The van der Waals surface area contributed by atoms with Crippen molar-refractivity contribution in [1.82, 2.24) is 4.98 Å². The van der Waals surface area contributed by atoms with Crippen molar-refractivity contribution in [2.75, 3.05) is 31.3 Å². The molecule has 0 spiro atoms. The van der Waals surface area contributed by atoms with Crippen molar-refractivity contribution >= 4 is 17.5 Å². The van der Waals surface area contributed by atoms with Gasteiger partial charge in [0.2, 0.25) is 0 Å². The lowest BCUT2D eigenvalue weighted by Gasteiger charge is -2.14. The van der Waals surface area contributed by atoms with Crippen LogP contribution in [0.1, 0.15) is 17.4 Å². The zero-order valence-corrected chi connectivity index (χ0v) is 9.15. The Morgan fingerprint density at radius 2 is 2.20 bits per heavy atom. The van der Waals surface area contributed by atoms with Gasteiger partial charge in [-0.3, -0.25) is 0 Å². The molecule has 1 aromatic heterocycles. The van der Waals surface area contributed by atoms with E-state index in [1.54, 1.807) is 24.0 Å². The summed E-state index contributed by atoms with van der Waals surface area (Å²) in [5.74, 6) is 0.140. The number of pyridine rings is 1. The van der Waals surface area contributed by atoms with Crippen LogP contribution in [-0.2, 0) is 4.74 Å². The number of nitrogen functional groups attached to an aromatic ring is 1. The van der Waals surface area contributed by atoms with Gasteiger partial charge < -0.3 is 15.4 Å². The number of carbonyl (C=O) groups excluding carboxylic acids is 1. The van der Waals surface area contributed by atoms with Crippen molar-refractivity contribution in [3.8, 4) is 0 Å². The Hall–Kier alpha value is -1.78. The number of rotatable bonds is 3. The number of anilines is 2. The van der Waals surface area contributed by atoms with Gasteiger partial charge in [-0.2, -0.15) is 0 Å². The first-order valence-corrected chi connectivity index (χ1v) is 4.67. The van der Waals surface area contributed by atoms with Crippen LogP contribution in [0.15, 0.2) is 12.1 Å². The van der Waals surface area contributed by atoms with E-state index < -0.39 is 5.97 Å². The van der Waals surface area contributed by atoms with Gasteiger partial charge in [0.05, 0.1) is 12.3 Å². The maximum absolute atomic E-state index is 11.4. The van der Waals surface area contributed by atoms with Crippen LogP contribution in [0.5, 0.6) is 0 Å². The average molecular weight is 209 g/mol. The Morgan fingerprint density at radius 3 is 2.73 bits per heavy atom. The Morgan fingerprint density at radius 1 is 1.53 bits per heavy atom. The molecule has 1 rings (SSSR count). The third-order valence-electron chi connectivity index (χ3n) is 1.81. The van der Waals surface area contributed by atoms with Crippen LogP contribution in [0.2, 0.25) is 0 Å². The highest BCUT2D eigenvalue weighted by atomic mass is 16.5. The van der Waals surface area contributed by atoms with Gasteiger partial charge in [-0.1, -0.05) is 0 Å². The minimum Gasteiger partial charge on any atom is -0.461 e. The summed E-state index contributed by atoms with van der Waals surface area (Å²) in [5, 5.41) is 0. The first-order chi connectivity index (χ1) is 7.06. The van der Waals surface area contributed by atoms with E-state index in [4.69, 9.17) is 10.5 Å². The van der Waals surface area contributed by atoms with E-state index in [1.165, 1.54) is 0 Å². The van der Waals surface area contributed by atoms with Crippen LogP contribution in [0.25, 0.3) is 0 Å². The summed E-state index contributed by atoms with van der Waals surface area (Å²) >= 11 is 0. The number of esters is 1. The highest BCUT2D eigenvalue weighted by Gasteiger charge is 2.11. The van der Waals surface area contributed by atoms with E-state index in [-0.39, 0.29) is 5.69 Å². The molecule has 1 aromatic rings. The molecule has 0 atom stereocenters. The molecule has 0 bridgehead atoms. The monoisotopic (exact) mass is 209 g/mol. The van der Waals surface area contributed by atoms with Crippen LogP contribution < -0.4 is 10.6 Å². The van der Waals surface area contributed by atoms with Gasteiger partial charge in [0.25, 0.3) is 0 Å². The van der Waals surface area contributed by atoms with Crippen LogP contribution in [0.3, 0.4) is 0 Å². The molecule has 0 radical (unpaired) electrons. The Balaban J connectivity index is 3.02. The van der Waals surface area contributed by atoms with Crippen molar-refractivity contribution in [2.24, 2.45) is 0 Å². The third-order valence-corrected chi connectivity index (χ3v) is 1.81. The number of carbonyl (C=O) groups is 1. The lowest BCUT2D eigenvalue weighted by atomic mass is 10.3. The summed E-state index contributed by atoms with van der Waals surface area (Å²) in [6.45, 7) is 2.09. The highest BCUT2D eigenvalue weighted by Crippen LogP contribution is 2.18. The number of ether oxygens (including phenoxy) is 1. The number of hydrogen-bond acceptors (Lipinski definition) is 5. The van der Waals surface area contributed by atoms with Crippen molar-refractivity contribution in [3.05, 3.63) is 17.8 Å². The molecule has 0 fully saturated rings. The minimum atomic E-state index is -0.430. The van der Waals surface area contributed by atoms with Gasteiger partial charge in [-0.15, -0.1) is 0 Å². The molecule has 0 amide bonds. The molecular weight excluding hydrogens is 194 g/mol. The standard InChI is InChI=1S/C10H15N3O2/c1-4-15-10(14)8-6-5-7(11)9(12-8)13(2)3/h5-6H,4,11H2,1-3H3. The quantitative estimate of drug-likeness (QED) is 0.749. The van der Waals surface area contributed by atoms with E-state index in [0.717, 1.165) is 0 Å². The topological polar surface area (TPSA) is 68.5 Å². The minimum absolute atomic E-state index is 0.273. The fraction of sp³-hybridized carbons (Fsp3) is 0.400. The van der Waals surface area contributed by atoms with E-state index in [9.17, 15) is 4.79 Å². The van der Waals surface area contributed by atoms with E-state index in [2.05, 4.69) is 4.98 Å². The SMILES string of the molecule is CCOC(=O)c1ccc(N)c(N(C)C)n1. The van der Waals surface area contributed by atoms with Crippen LogP contribution >= 0.6 is 0 Å². The normalized spacial score (nSPS) is 9.80.